The Morgan fingerprint density at radius 1 is 1.07 bits per heavy atom. The summed E-state index contributed by atoms with van der Waals surface area (Å²) in [4.78, 5) is 22.1. The zero-order valence-electron chi connectivity index (χ0n) is 21.1. The third-order valence-corrected chi connectivity index (χ3v) is 6.12. The number of alkyl halides is 3. The van der Waals surface area contributed by atoms with Crippen LogP contribution in [-0.2, 0) is 4.79 Å². The molecule has 1 fully saturated rings. The summed E-state index contributed by atoms with van der Waals surface area (Å²) >= 11 is 1.29. The number of amidine groups is 2. The van der Waals surface area contributed by atoms with Crippen molar-refractivity contribution in [2.75, 3.05) is 17.3 Å². The Labute approximate surface area is 231 Å². The lowest BCUT2D eigenvalue weighted by atomic mass is 10.1. The topological polar surface area (TPSA) is 114 Å². The van der Waals surface area contributed by atoms with E-state index in [2.05, 4.69) is 24.9 Å². The summed E-state index contributed by atoms with van der Waals surface area (Å²) < 4.78 is 46.2. The van der Waals surface area contributed by atoms with Gasteiger partial charge in [-0.05, 0) is 48.9 Å². The number of ether oxygens (including phenoxy) is 2. The first-order chi connectivity index (χ1) is 19.2. The van der Waals surface area contributed by atoms with E-state index in [1.54, 1.807) is 42.6 Å². The number of benzene rings is 3. The summed E-state index contributed by atoms with van der Waals surface area (Å²) in [6, 6.07) is 19.3. The Morgan fingerprint density at radius 3 is 2.50 bits per heavy atom. The molecule has 3 aromatic rings. The molecule has 13 heteroatoms. The molecule has 0 atom stereocenters. The maximum atomic E-state index is 12.5. The number of nitrogens with zero attached hydrogens (tertiary/aromatic N) is 5. The van der Waals surface area contributed by atoms with Gasteiger partial charge in [-0.1, -0.05) is 48.2 Å². The molecule has 0 saturated carbocycles. The second kappa shape index (κ2) is 12.9. The molecule has 0 bridgehead atoms. The van der Waals surface area contributed by atoms with Crippen LogP contribution < -0.4 is 20.1 Å². The van der Waals surface area contributed by atoms with Crippen molar-refractivity contribution in [3.63, 3.8) is 0 Å². The van der Waals surface area contributed by atoms with Crippen molar-refractivity contribution in [1.29, 1.82) is 0 Å². The number of carbonyl (C=O) groups is 1. The Balaban J connectivity index is 1.39. The lowest BCUT2D eigenvalue weighted by Crippen LogP contribution is -2.29. The molecule has 1 amide bonds. The molecule has 206 valence electrons. The predicted molar refractivity (Wildman–Crippen MR) is 151 cm³/mol. The lowest BCUT2D eigenvalue weighted by molar-refractivity contribution is -0.274. The van der Waals surface area contributed by atoms with Gasteiger partial charge in [0.25, 0.3) is 0 Å². The number of hydrogen-bond acceptors (Lipinski definition) is 7. The van der Waals surface area contributed by atoms with Crippen molar-refractivity contribution in [3.05, 3.63) is 83.9 Å². The fourth-order valence-electron chi connectivity index (χ4n) is 3.44. The maximum absolute atomic E-state index is 12.5. The Bertz CT molecular complexity index is 1460. The zero-order chi connectivity index (χ0) is 28.5. The van der Waals surface area contributed by atoms with Gasteiger partial charge in [0.05, 0.1) is 29.9 Å². The molecule has 9 nitrogen and oxygen atoms in total. The van der Waals surface area contributed by atoms with Gasteiger partial charge in [-0.25, -0.2) is 9.98 Å². The van der Waals surface area contributed by atoms with Gasteiger partial charge < -0.3 is 15.2 Å². The van der Waals surface area contributed by atoms with Crippen molar-refractivity contribution in [1.82, 2.24) is 0 Å². The number of aliphatic imine (C=N–C) groups is 2. The van der Waals surface area contributed by atoms with Gasteiger partial charge in [-0.2, -0.15) is 5.10 Å². The fraction of sp³-hybridized carbons (Fsp3) is 0.148. The number of para-hydroxylation sites is 2. The van der Waals surface area contributed by atoms with E-state index in [4.69, 9.17) is 10.5 Å². The second-order valence-electron chi connectivity index (χ2n) is 7.97. The van der Waals surface area contributed by atoms with Gasteiger partial charge in [0.2, 0.25) is 5.91 Å². The highest BCUT2D eigenvalue weighted by Crippen LogP contribution is 2.34. The van der Waals surface area contributed by atoms with Crippen LogP contribution in [0, 0.1) is 0 Å². The quantitative estimate of drug-likeness (QED) is 0.207. The fourth-order valence-corrected chi connectivity index (χ4v) is 4.26. The van der Waals surface area contributed by atoms with Crippen LogP contribution in [0.2, 0.25) is 0 Å². The average molecular weight is 569 g/mol. The van der Waals surface area contributed by atoms with Crippen LogP contribution >= 0.6 is 11.8 Å². The molecule has 0 unspecified atom stereocenters. The lowest BCUT2D eigenvalue weighted by Gasteiger charge is -2.18. The number of carbonyl (C=O) groups excluding carboxylic acids is 1. The van der Waals surface area contributed by atoms with Crippen LogP contribution in [0.15, 0.2) is 93.0 Å². The molecule has 1 aliphatic heterocycles. The summed E-state index contributed by atoms with van der Waals surface area (Å²) in [7, 11) is 0. The van der Waals surface area contributed by atoms with Gasteiger partial charge in [-0.3, -0.25) is 9.69 Å². The van der Waals surface area contributed by atoms with E-state index in [0.29, 0.717) is 34.5 Å². The highest BCUT2D eigenvalue weighted by molar-refractivity contribution is 8.15. The molecule has 0 aromatic heterocycles. The Kier molecular flexibility index (Phi) is 9.17. The van der Waals surface area contributed by atoms with Crippen LogP contribution in [0.3, 0.4) is 0 Å². The first kappa shape index (κ1) is 28.4. The molecular weight excluding hydrogens is 545 g/mol. The third-order valence-electron chi connectivity index (χ3n) is 5.20. The van der Waals surface area contributed by atoms with Crippen molar-refractivity contribution < 1.29 is 27.4 Å². The largest absolute Gasteiger partial charge is 0.573 e. The van der Waals surface area contributed by atoms with Crippen LogP contribution in [0.1, 0.15) is 18.1 Å². The highest BCUT2D eigenvalue weighted by Gasteiger charge is 2.32. The van der Waals surface area contributed by atoms with Crippen molar-refractivity contribution in [2.24, 2.45) is 25.9 Å². The minimum absolute atomic E-state index is 0.110. The minimum Gasteiger partial charge on any atom is -0.492 e. The third kappa shape index (κ3) is 7.69. The standard InChI is InChI=1S/C27H23F3N6O3S/c1-2-38-23-6-4-3-5-22(23)36-24(37)16-40-26(36)35-34-15-18-7-9-19(10-8-18)25(31)33-17-32-20-11-13-21(14-12-20)39-27(28,29)30/h3-15,17H,2,16H2,1H3,(H2,31,32,33)/b34-15+,35-26-. The van der Waals surface area contributed by atoms with Gasteiger partial charge in [-0.15, -0.1) is 18.3 Å². The highest BCUT2D eigenvalue weighted by atomic mass is 32.2. The van der Waals surface area contributed by atoms with E-state index >= 15 is 0 Å². The second-order valence-corrected chi connectivity index (χ2v) is 8.91. The van der Waals surface area contributed by atoms with Crippen molar-refractivity contribution >= 4 is 52.6 Å². The average Bonchev–Trinajstić information content (AvgIpc) is 3.29. The molecule has 1 aliphatic rings. The zero-order valence-corrected chi connectivity index (χ0v) is 21.9. The molecule has 3 aromatic carbocycles. The number of thioether (sulfide) groups is 1. The molecule has 4 rings (SSSR count). The Morgan fingerprint density at radius 2 is 1.80 bits per heavy atom. The summed E-state index contributed by atoms with van der Waals surface area (Å²) in [5, 5.41) is 8.84. The molecular formula is C27H23F3N6O3S. The molecule has 40 heavy (non-hydrogen) atoms. The first-order valence-electron chi connectivity index (χ1n) is 11.8. The maximum Gasteiger partial charge on any atom is 0.573 e. The van der Waals surface area contributed by atoms with Gasteiger partial charge in [0.1, 0.15) is 23.7 Å². The normalized spacial score (nSPS) is 15.5. The predicted octanol–water partition coefficient (Wildman–Crippen LogP) is 5.52. The van der Waals surface area contributed by atoms with E-state index in [1.807, 2.05) is 19.1 Å². The number of amides is 1. The van der Waals surface area contributed by atoms with Crippen molar-refractivity contribution in [3.8, 4) is 11.5 Å². The number of hydrogen-bond donors (Lipinski definition) is 1. The molecule has 0 radical (unpaired) electrons. The van der Waals surface area contributed by atoms with Crippen LogP contribution in [0.25, 0.3) is 0 Å². The Hall–Kier alpha value is -4.65. The van der Waals surface area contributed by atoms with Gasteiger partial charge >= 0.3 is 6.36 Å². The van der Waals surface area contributed by atoms with Crippen LogP contribution in [0.4, 0.5) is 24.5 Å². The van der Waals surface area contributed by atoms with E-state index in [0.717, 1.165) is 17.7 Å². The molecule has 0 aliphatic carbocycles. The van der Waals surface area contributed by atoms with E-state index in [9.17, 15) is 18.0 Å². The number of nitrogens with two attached hydrogens (primary N) is 1. The summed E-state index contributed by atoms with van der Waals surface area (Å²) in [5.74, 6) is 0.578. The molecule has 1 saturated heterocycles. The smallest absolute Gasteiger partial charge is 0.492 e. The molecule has 2 N–H and O–H groups in total. The molecule has 0 spiro atoms. The first-order valence-corrected chi connectivity index (χ1v) is 12.8. The van der Waals surface area contributed by atoms with E-state index in [1.165, 1.54) is 35.1 Å². The summed E-state index contributed by atoms with van der Waals surface area (Å²) in [6.07, 6.45) is -2.00. The summed E-state index contributed by atoms with van der Waals surface area (Å²) in [5.41, 5.74) is 8.37. The van der Waals surface area contributed by atoms with Crippen LogP contribution in [-0.4, -0.2) is 48.2 Å². The number of halogens is 3. The van der Waals surface area contributed by atoms with Gasteiger partial charge in [0.15, 0.2) is 5.17 Å². The number of rotatable bonds is 9. The summed E-state index contributed by atoms with van der Waals surface area (Å²) in [6.45, 7) is 2.34. The monoisotopic (exact) mass is 568 g/mol. The number of anilines is 1. The van der Waals surface area contributed by atoms with E-state index < -0.39 is 6.36 Å². The molecule has 1 heterocycles. The minimum atomic E-state index is -4.76. The van der Waals surface area contributed by atoms with Crippen molar-refractivity contribution in [2.45, 2.75) is 13.3 Å². The van der Waals surface area contributed by atoms with Crippen LogP contribution in [0.5, 0.6) is 11.5 Å². The SMILES string of the molecule is CCOc1ccccc1N1C(=O)CS/C1=N\N=C\c1ccc(C(N)=NC=Nc2ccc(OC(F)(F)F)cc2)cc1. The van der Waals surface area contributed by atoms with Gasteiger partial charge in [0, 0.05) is 5.56 Å². The van der Waals surface area contributed by atoms with E-state index in [-0.39, 0.29) is 23.2 Å².